The second-order valence-corrected chi connectivity index (χ2v) is 16.8. The van der Waals surface area contributed by atoms with Gasteiger partial charge in [-0.1, -0.05) is 161 Å². The highest BCUT2D eigenvalue weighted by atomic mass is 16.3. The van der Waals surface area contributed by atoms with Gasteiger partial charge in [-0.2, -0.15) is 0 Å². The van der Waals surface area contributed by atoms with Crippen LogP contribution in [0.3, 0.4) is 0 Å². The van der Waals surface area contributed by atoms with Gasteiger partial charge < -0.3 is 4.42 Å². The maximum absolute atomic E-state index is 6.67. The average molecular weight is 703 g/mol. The van der Waals surface area contributed by atoms with Crippen LogP contribution in [0.5, 0.6) is 0 Å². The molecule has 1 heteroatoms. The Morgan fingerprint density at radius 1 is 0.382 bits per heavy atom. The predicted molar refractivity (Wildman–Crippen MR) is 232 cm³/mol. The summed E-state index contributed by atoms with van der Waals surface area (Å²) in [6.07, 6.45) is 0. The Kier molecular flexibility index (Phi) is 5.98. The number of rotatable bonds is 2. The van der Waals surface area contributed by atoms with Crippen LogP contribution in [0.1, 0.15) is 49.9 Å². The molecule has 0 fully saturated rings. The van der Waals surface area contributed by atoms with Crippen LogP contribution in [0.25, 0.3) is 98.8 Å². The Balaban J connectivity index is 1.09. The van der Waals surface area contributed by atoms with Crippen LogP contribution in [0.2, 0.25) is 0 Å². The van der Waals surface area contributed by atoms with Crippen LogP contribution >= 0.6 is 0 Å². The van der Waals surface area contributed by atoms with Crippen molar-refractivity contribution in [2.24, 2.45) is 0 Å². The maximum atomic E-state index is 6.67. The van der Waals surface area contributed by atoms with Gasteiger partial charge in [0.1, 0.15) is 11.2 Å². The Morgan fingerprint density at radius 3 is 1.67 bits per heavy atom. The molecule has 0 spiro atoms. The fourth-order valence-corrected chi connectivity index (χ4v) is 10.7. The molecule has 0 atom stereocenters. The highest BCUT2D eigenvalue weighted by molar-refractivity contribution is 6.22. The average Bonchev–Trinajstić information content (AvgIpc) is 3.79. The van der Waals surface area contributed by atoms with Crippen molar-refractivity contribution < 1.29 is 4.42 Å². The van der Waals surface area contributed by atoms with Crippen molar-refractivity contribution in [2.45, 2.75) is 38.5 Å². The zero-order valence-electron chi connectivity index (χ0n) is 31.4. The summed E-state index contributed by atoms with van der Waals surface area (Å²) in [5.74, 6) is 0. The molecule has 0 saturated carbocycles. The predicted octanol–water partition coefficient (Wildman–Crippen LogP) is 15.0. The Morgan fingerprint density at radius 2 is 0.945 bits per heavy atom. The zero-order chi connectivity index (χ0) is 36.8. The summed E-state index contributed by atoms with van der Waals surface area (Å²) in [7, 11) is 0. The summed E-state index contributed by atoms with van der Waals surface area (Å²) in [5.41, 5.74) is 17.6. The van der Waals surface area contributed by atoms with Gasteiger partial charge in [-0.05, 0) is 118 Å². The van der Waals surface area contributed by atoms with Gasteiger partial charge in [-0.15, -0.1) is 0 Å². The molecule has 0 amide bonds. The Labute approximate surface area is 320 Å². The minimum Gasteiger partial charge on any atom is -0.455 e. The molecule has 0 saturated heterocycles. The van der Waals surface area contributed by atoms with Crippen molar-refractivity contribution in [3.63, 3.8) is 0 Å². The number of hydrogen-bond acceptors (Lipinski definition) is 1. The topological polar surface area (TPSA) is 13.1 Å². The van der Waals surface area contributed by atoms with Crippen molar-refractivity contribution in [2.75, 3.05) is 0 Å². The van der Waals surface area contributed by atoms with Crippen LogP contribution in [-0.4, -0.2) is 0 Å². The first-order valence-electron chi connectivity index (χ1n) is 19.5. The molecule has 260 valence electrons. The van der Waals surface area contributed by atoms with Gasteiger partial charge >= 0.3 is 0 Å². The molecule has 10 aromatic rings. The molecule has 0 N–H and O–H groups in total. The summed E-state index contributed by atoms with van der Waals surface area (Å²) in [5, 5.41) is 9.92. The van der Waals surface area contributed by atoms with Crippen molar-refractivity contribution in [1.82, 2.24) is 0 Å². The summed E-state index contributed by atoms with van der Waals surface area (Å²) < 4.78 is 6.67. The number of fused-ring (bicyclic) bond motifs is 14. The summed E-state index contributed by atoms with van der Waals surface area (Å²) >= 11 is 0. The van der Waals surface area contributed by atoms with Crippen molar-refractivity contribution in [1.29, 1.82) is 0 Å². The first-order valence-corrected chi connectivity index (χ1v) is 19.5. The van der Waals surface area contributed by atoms with Crippen LogP contribution < -0.4 is 0 Å². The zero-order valence-corrected chi connectivity index (χ0v) is 31.4. The SMILES string of the molecule is CC1(C)c2ccccc2-c2ccc(-c3c4ccccc4c(-c4ccc5c(c4)-c4ccc6oc7c8ccccc8ccc7c6c4C5(C)C)c4ccccc34)cc21. The quantitative estimate of drug-likeness (QED) is 0.163. The molecular formula is C54H38O. The van der Waals surface area contributed by atoms with Gasteiger partial charge in [-0.3, -0.25) is 0 Å². The second-order valence-electron chi connectivity index (χ2n) is 16.8. The van der Waals surface area contributed by atoms with E-state index in [0.717, 1.165) is 16.6 Å². The summed E-state index contributed by atoms with van der Waals surface area (Å²) in [6.45, 7) is 9.51. The molecule has 12 rings (SSSR count). The molecule has 0 aliphatic heterocycles. The fraction of sp³-hybridized carbons (Fsp3) is 0.111. The largest absolute Gasteiger partial charge is 0.455 e. The lowest BCUT2D eigenvalue weighted by Crippen LogP contribution is -2.15. The van der Waals surface area contributed by atoms with Crippen LogP contribution in [0.15, 0.2) is 162 Å². The summed E-state index contributed by atoms with van der Waals surface area (Å²) in [4.78, 5) is 0. The van der Waals surface area contributed by atoms with E-state index in [1.807, 2.05) is 0 Å². The van der Waals surface area contributed by atoms with Crippen molar-refractivity contribution in [3.8, 4) is 44.5 Å². The maximum Gasteiger partial charge on any atom is 0.143 e. The minimum absolute atomic E-state index is 0.0654. The first-order chi connectivity index (χ1) is 26.8. The smallest absolute Gasteiger partial charge is 0.143 e. The lowest BCUT2D eigenvalue weighted by atomic mass is 9.79. The molecule has 9 aromatic carbocycles. The van der Waals surface area contributed by atoms with Gasteiger partial charge in [0, 0.05) is 27.0 Å². The molecule has 0 bridgehead atoms. The van der Waals surface area contributed by atoms with E-state index in [1.54, 1.807) is 0 Å². The summed E-state index contributed by atoms with van der Waals surface area (Å²) in [6, 6.07) is 58.9. The molecule has 2 aliphatic rings. The monoisotopic (exact) mass is 702 g/mol. The number of hydrogen-bond donors (Lipinski definition) is 0. The minimum atomic E-state index is -0.194. The van der Waals surface area contributed by atoms with Gasteiger partial charge in [0.2, 0.25) is 0 Å². The number of benzene rings is 9. The van der Waals surface area contributed by atoms with Crippen molar-refractivity contribution >= 4 is 54.3 Å². The normalized spacial score (nSPS) is 14.8. The van der Waals surface area contributed by atoms with E-state index in [2.05, 4.69) is 185 Å². The van der Waals surface area contributed by atoms with E-state index in [-0.39, 0.29) is 10.8 Å². The lowest BCUT2D eigenvalue weighted by Gasteiger charge is -2.23. The third-order valence-corrected chi connectivity index (χ3v) is 13.2. The molecule has 1 nitrogen and oxygen atoms in total. The number of furan rings is 1. The van der Waals surface area contributed by atoms with Crippen molar-refractivity contribution in [3.05, 3.63) is 180 Å². The Bertz CT molecular complexity index is 3260. The van der Waals surface area contributed by atoms with E-state index < -0.39 is 0 Å². The van der Waals surface area contributed by atoms with E-state index >= 15 is 0 Å². The van der Waals surface area contributed by atoms with Gasteiger partial charge in [0.25, 0.3) is 0 Å². The van der Waals surface area contributed by atoms with E-state index in [9.17, 15) is 0 Å². The van der Waals surface area contributed by atoms with Gasteiger partial charge in [-0.25, -0.2) is 0 Å². The first kappa shape index (κ1) is 31.0. The van der Waals surface area contributed by atoms with E-state index in [1.165, 1.54) is 104 Å². The highest BCUT2D eigenvalue weighted by Gasteiger charge is 2.39. The third-order valence-electron chi connectivity index (χ3n) is 13.2. The van der Waals surface area contributed by atoms with Gasteiger partial charge in [0.15, 0.2) is 0 Å². The third kappa shape index (κ3) is 3.98. The standard InChI is InChI=1S/C54H38O/c1-53(2)44-20-12-11-15-35(44)36-24-22-33(30-46(36)53)49-39-18-9-7-16-37(39)48(38-17-8-10-19-40(38)49)32-23-27-45-43(29-32)41-26-28-47-50(51(41)54(45,3)4)42-25-21-31-13-5-6-14-34(31)52(42)55-47/h5-30H,1-4H3. The Hall–Kier alpha value is -6.44. The molecule has 1 aromatic heterocycles. The lowest BCUT2D eigenvalue weighted by molar-refractivity contribution is 0.658. The van der Waals surface area contributed by atoms with E-state index in [4.69, 9.17) is 4.42 Å². The fourth-order valence-electron chi connectivity index (χ4n) is 10.7. The molecule has 0 radical (unpaired) electrons. The molecule has 2 aliphatic carbocycles. The molecule has 55 heavy (non-hydrogen) atoms. The van der Waals surface area contributed by atoms with Crippen LogP contribution in [0, 0.1) is 0 Å². The van der Waals surface area contributed by atoms with Gasteiger partial charge in [0.05, 0.1) is 0 Å². The van der Waals surface area contributed by atoms with Crippen LogP contribution in [0.4, 0.5) is 0 Å². The second kappa shape index (κ2) is 10.6. The van der Waals surface area contributed by atoms with E-state index in [0.29, 0.717) is 0 Å². The molecule has 0 unspecified atom stereocenters. The highest BCUT2D eigenvalue weighted by Crippen LogP contribution is 2.56. The van der Waals surface area contributed by atoms with Crippen LogP contribution in [-0.2, 0) is 10.8 Å². The molecular weight excluding hydrogens is 665 g/mol. The molecule has 1 heterocycles.